The first-order valence-corrected chi connectivity index (χ1v) is 9.17. The SMILES string of the molecule is CC(=O)N1N=C(c2cn(C(C)=O)c3ccccc23)O[C@H]1c1ccc(Br)cc1. The number of amides is 1. The lowest BCUT2D eigenvalue weighted by Gasteiger charge is -2.19. The van der Waals surface area contributed by atoms with Gasteiger partial charge in [0, 0.05) is 35.5 Å². The standard InChI is InChI=1S/C20H16BrN3O3/c1-12(25)23-11-17(16-5-3-4-6-18(16)23)19-22-24(13(2)26)20(27-19)14-7-9-15(21)10-8-14/h3-11,20H,1-2H3/t20-/m0/s1. The van der Waals surface area contributed by atoms with Crippen LogP contribution in [0.15, 0.2) is 64.3 Å². The predicted molar refractivity (Wildman–Crippen MR) is 105 cm³/mol. The lowest BCUT2D eigenvalue weighted by molar-refractivity contribution is -0.135. The maximum atomic E-state index is 12.1. The van der Waals surface area contributed by atoms with Crippen LogP contribution < -0.4 is 0 Å². The van der Waals surface area contributed by atoms with Gasteiger partial charge in [0.05, 0.1) is 11.1 Å². The first kappa shape index (κ1) is 17.5. The molecule has 27 heavy (non-hydrogen) atoms. The number of hydrogen-bond donors (Lipinski definition) is 0. The Kier molecular flexibility index (Phi) is 4.31. The molecule has 0 unspecified atom stereocenters. The molecule has 0 fully saturated rings. The fourth-order valence-corrected chi connectivity index (χ4v) is 3.39. The molecular weight excluding hydrogens is 410 g/mol. The zero-order chi connectivity index (χ0) is 19.1. The van der Waals surface area contributed by atoms with Crippen molar-refractivity contribution < 1.29 is 14.3 Å². The number of rotatable bonds is 2. The molecule has 1 aromatic heterocycles. The van der Waals surface area contributed by atoms with Gasteiger partial charge in [-0.05, 0) is 18.2 Å². The highest BCUT2D eigenvalue weighted by Crippen LogP contribution is 2.33. The van der Waals surface area contributed by atoms with E-state index < -0.39 is 6.23 Å². The Balaban J connectivity index is 1.80. The molecule has 2 heterocycles. The van der Waals surface area contributed by atoms with E-state index >= 15 is 0 Å². The van der Waals surface area contributed by atoms with Crippen LogP contribution in [0.25, 0.3) is 10.9 Å². The number of aromatic nitrogens is 1. The van der Waals surface area contributed by atoms with E-state index in [0.29, 0.717) is 11.5 Å². The van der Waals surface area contributed by atoms with Gasteiger partial charge in [0.25, 0.3) is 0 Å². The Hall–Kier alpha value is -2.93. The third-order valence-corrected chi connectivity index (χ3v) is 4.93. The van der Waals surface area contributed by atoms with Crippen molar-refractivity contribution in [3.05, 3.63) is 70.3 Å². The maximum Gasteiger partial charge on any atom is 0.243 e. The first-order valence-electron chi connectivity index (χ1n) is 8.37. The number of fused-ring (bicyclic) bond motifs is 1. The van der Waals surface area contributed by atoms with E-state index in [-0.39, 0.29) is 11.8 Å². The Labute approximate surface area is 164 Å². The van der Waals surface area contributed by atoms with E-state index in [9.17, 15) is 9.59 Å². The largest absolute Gasteiger partial charge is 0.446 e. The van der Waals surface area contributed by atoms with Gasteiger partial charge in [0.15, 0.2) is 0 Å². The third-order valence-electron chi connectivity index (χ3n) is 4.40. The van der Waals surface area contributed by atoms with Gasteiger partial charge in [-0.15, -0.1) is 5.10 Å². The average Bonchev–Trinajstić information content (AvgIpc) is 3.24. The molecule has 0 spiro atoms. The van der Waals surface area contributed by atoms with Crippen molar-refractivity contribution in [1.82, 2.24) is 9.58 Å². The van der Waals surface area contributed by atoms with Crippen molar-refractivity contribution in [2.45, 2.75) is 20.1 Å². The summed E-state index contributed by atoms with van der Waals surface area (Å²) < 4.78 is 8.56. The summed E-state index contributed by atoms with van der Waals surface area (Å²) in [5, 5.41) is 6.56. The van der Waals surface area contributed by atoms with Gasteiger partial charge in [0.1, 0.15) is 0 Å². The number of carbonyl (C=O) groups excluding carboxylic acids is 2. The maximum absolute atomic E-state index is 12.1. The van der Waals surface area contributed by atoms with Crippen molar-refractivity contribution in [3.63, 3.8) is 0 Å². The highest BCUT2D eigenvalue weighted by Gasteiger charge is 2.34. The highest BCUT2D eigenvalue weighted by molar-refractivity contribution is 9.10. The number of hydrazone groups is 1. The Morgan fingerprint density at radius 1 is 1.04 bits per heavy atom. The Morgan fingerprint density at radius 2 is 1.74 bits per heavy atom. The Bertz CT molecular complexity index is 1090. The molecule has 136 valence electrons. The lowest BCUT2D eigenvalue weighted by atomic mass is 10.1. The van der Waals surface area contributed by atoms with E-state index in [1.807, 2.05) is 48.5 Å². The van der Waals surface area contributed by atoms with Crippen LogP contribution in [0.5, 0.6) is 0 Å². The number of nitrogens with zero attached hydrogens (tertiary/aromatic N) is 3. The van der Waals surface area contributed by atoms with Gasteiger partial charge in [-0.3, -0.25) is 14.2 Å². The summed E-state index contributed by atoms with van der Waals surface area (Å²) in [6.07, 6.45) is 1.05. The van der Waals surface area contributed by atoms with Gasteiger partial charge in [0.2, 0.25) is 23.9 Å². The summed E-state index contributed by atoms with van der Waals surface area (Å²) >= 11 is 3.41. The van der Waals surface area contributed by atoms with E-state index in [0.717, 1.165) is 20.9 Å². The summed E-state index contributed by atoms with van der Waals surface area (Å²) in [5.41, 5.74) is 2.25. The molecule has 0 saturated carbocycles. The van der Waals surface area contributed by atoms with Crippen LogP contribution in [-0.4, -0.2) is 27.3 Å². The molecule has 0 radical (unpaired) electrons. The van der Waals surface area contributed by atoms with E-state index in [1.54, 1.807) is 10.8 Å². The van der Waals surface area contributed by atoms with E-state index in [1.165, 1.54) is 18.9 Å². The quantitative estimate of drug-likeness (QED) is 0.614. The number of carbonyl (C=O) groups is 2. The van der Waals surface area contributed by atoms with Gasteiger partial charge in [-0.25, -0.2) is 0 Å². The molecule has 2 aromatic carbocycles. The molecule has 1 atom stereocenters. The average molecular weight is 426 g/mol. The molecule has 7 heteroatoms. The second-order valence-electron chi connectivity index (χ2n) is 6.24. The van der Waals surface area contributed by atoms with E-state index in [4.69, 9.17) is 4.74 Å². The minimum atomic E-state index is -0.648. The van der Waals surface area contributed by atoms with Gasteiger partial charge in [-0.2, -0.15) is 5.01 Å². The molecule has 6 nitrogen and oxygen atoms in total. The molecule has 0 N–H and O–H groups in total. The molecular formula is C20H16BrN3O3. The third kappa shape index (κ3) is 3.04. The molecule has 4 rings (SSSR count). The molecule has 1 amide bonds. The van der Waals surface area contributed by atoms with Crippen molar-refractivity contribution >= 4 is 44.5 Å². The van der Waals surface area contributed by atoms with Crippen molar-refractivity contribution in [2.75, 3.05) is 0 Å². The summed E-state index contributed by atoms with van der Waals surface area (Å²) in [7, 11) is 0. The Morgan fingerprint density at radius 3 is 2.41 bits per heavy atom. The number of halogens is 1. The lowest BCUT2D eigenvalue weighted by Crippen LogP contribution is -2.25. The number of hydrogen-bond acceptors (Lipinski definition) is 4. The second kappa shape index (κ2) is 6.66. The van der Waals surface area contributed by atoms with Crippen molar-refractivity contribution in [3.8, 4) is 0 Å². The molecule has 0 saturated heterocycles. The number of ether oxygens (including phenoxy) is 1. The molecule has 1 aliphatic rings. The van der Waals surface area contributed by atoms with Crippen LogP contribution in [0.3, 0.4) is 0 Å². The van der Waals surface area contributed by atoms with Crippen LogP contribution in [0, 0.1) is 0 Å². The van der Waals surface area contributed by atoms with Crippen LogP contribution in [0.1, 0.15) is 36.0 Å². The van der Waals surface area contributed by atoms with Gasteiger partial charge < -0.3 is 4.74 Å². The zero-order valence-corrected chi connectivity index (χ0v) is 16.3. The fraction of sp³-hybridized carbons (Fsp3) is 0.150. The van der Waals surface area contributed by atoms with Crippen LogP contribution in [-0.2, 0) is 9.53 Å². The monoisotopic (exact) mass is 425 g/mol. The minimum Gasteiger partial charge on any atom is -0.446 e. The molecule has 0 aliphatic carbocycles. The van der Waals surface area contributed by atoms with E-state index in [2.05, 4.69) is 21.0 Å². The normalized spacial score (nSPS) is 16.3. The van der Waals surface area contributed by atoms with Gasteiger partial charge in [-0.1, -0.05) is 46.3 Å². The minimum absolute atomic E-state index is 0.107. The molecule has 1 aliphatic heterocycles. The molecule has 3 aromatic rings. The van der Waals surface area contributed by atoms with Crippen LogP contribution >= 0.6 is 15.9 Å². The number of para-hydroxylation sites is 1. The van der Waals surface area contributed by atoms with Crippen LogP contribution in [0.2, 0.25) is 0 Å². The number of benzene rings is 2. The van der Waals surface area contributed by atoms with Crippen molar-refractivity contribution in [2.24, 2.45) is 5.10 Å². The first-order chi connectivity index (χ1) is 13.0. The zero-order valence-electron chi connectivity index (χ0n) is 14.7. The summed E-state index contributed by atoms with van der Waals surface area (Å²) in [4.78, 5) is 24.1. The summed E-state index contributed by atoms with van der Waals surface area (Å²) in [5.74, 6) is -0.0218. The van der Waals surface area contributed by atoms with Crippen molar-refractivity contribution in [1.29, 1.82) is 0 Å². The molecule has 0 bridgehead atoms. The highest BCUT2D eigenvalue weighted by atomic mass is 79.9. The summed E-state index contributed by atoms with van der Waals surface area (Å²) in [6.45, 7) is 2.94. The second-order valence-corrected chi connectivity index (χ2v) is 7.16. The van der Waals surface area contributed by atoms with Gasteiger partial charge >= 0.3 is 0 Å². The van der Waals surface area contributed by atoms with Crippen LogP contribution in [0.4, 0.5) is 0 Å². The predicted octanol–water partition coefficient (Wildman–Crippen LogP) is 4.30. The fourth-order valence-electron chi connectivity index (χ4n) is 3.13. The topological polar surface area (TPSA) is 63.9 Å². The summed E-state index contributed by atoms with van der Waals surface area (Å²) in [6, 6.07) is 15.1. The smallest absolute Gasteiger partial charge is 0.243 e.